The van der Waals surface area contributed by atoms with Crippen molar-refractivity contribution in [1.82, 2.24) is 0 Å². The Kier molecular flexibility index (Phi) is 20.0. The van der Waals surface area contributed by atoms with Gasteiger partial charge in [-0.15, -0.1) is 0 Å². The average molecular weight is 192 g/mol. The summed E-state index contributed by atoms with van der Waals surface area (Å²) in [5.74, 6) is -2.38. The molecule has 0 aliphatic heterocycles. The summed E-state index contributed by atoms with van der Waals surface area (Å²) >= 11 is 0. The maximum atomic E-state index is 9.12. The smallest absolute Gasteiger partial charge is 0.329 e. The Labute approximate surface area is 92.5 Å². The Hall–Kier alpha value is 0.120. The first-order valence-electron chi connectivity index (χ1n) is 2.20. The summed E-state index contributed by atoms with van der Waals surface area (Å²) in [6.45, 7) is -1.56. The molecule has 0 aromatic rings. The van der Waals surface area contributed by atoms with Gasteiger partial charge in [-0.25, -0.2) is 9.59 Å². The molecule has 0 aromatic carbocycles. The molecule has 62 valence electrons. The predicted octanol–water partition coefficient (Wildman–Crippen LogP) is -2.25. The van der Waals surface area contributed by atoms with Crippen molar-refractivity contribution in [3.05, 3.63) is 0 Å². The van der Waals surface area contributed by atoms with Crippen LogP contribution in [0.1, 0.15) is 0 Å². The van der Waals surface area contributed by atoms with Gasteiger partial charge in [0.1, 0.15) is 13.2 Å². The number of carboxylic acids is 2. The molecule has 2 radical (unpaired) electrons. The van der Waals surface area contributed by atoms with E-state index in [9.17, 15) is 0 Å². The summed E-state index contributed by atoms with van der Waals surface area (Å²) in [5.41, 5.74) is 0. The molecule has 0 atom stereocenters. The van der Waals surface area contributed by atoms with Gasteiger partial charge >= 0.3 is 11.9 Å². The summed E-state index contributed by atoms with van der Waals surface area (Å²) < 4.78 is 0. The van der Waals surface area contributed by atoms with Crippen LogP contribution in [0.15, 0.2) is 0 Å². The normalized spacial score (nSPS) is 6.73. The summed E-state index contributed by atoms with van der Waals surface area (Å²) in [6.07, 6.45) is 0. The first kappa shape index (κ1) is 17.3. The Bertz CT molecular complexity index is 99.1. The molecule has 6 nitrogen and oxygen atoms in total. The Morgan fingerprint density at radius 1 is 0.909 bits per heavy atom. The van der Waals surface area contributed by atoms with Crippen molar-refractivity contribution in [2.75, 3.05) is 13.2 Å². The maximum Gasteiger partial charge on any atom is 0.329 e. The summed E-state index contributed by atoms with van der Waals surface area (Å²) in [6, 6.07) is 0. The molecule has 0 amide bonds. The average Bonchev–Trinajstić information content (AvgIpc) is 1.89. The third-order valence-electron chi connectivity index (χ3n) is 0.271. The van der Waals surface area contributed by atoms with Crippen LogP contribution >= 0.6 is 0 Å². The molecule has 0 heterocycles. The SMILES string of the molecule is O=C(O)CO.O=C(O)CO.[Ca]. The molecule has 0 rings (SSSR count). The van der Waals surface area contributed by atoms with E-state index in [1.54, 1.807) is 0 Å². The van der Waals surface area contributed by atoms with Crippen LogP contribution in [0.3, 0.4) is 0 Å². The van der Waals surface area contributed by atoms with Crippen molar-refractivity contribution < 1.29 is 30.0 Å². The molecule has 0 bridgehead atoms. The van der Waals surface area contributed by atoms with E-state index >= 15 is 0 Å². The molecule has 0 fully saturated rings. The van der Waals surface area contributed by atoms with Crippen LogP contribution in [0.4, 0.5) is 0 Å². The quantitative estimate of drug-likeness (QED) is 0.367. The van der Waals surface area contributed by atoms with Crippen molar-refractivity contribution in [2.24, 2.45) is 0 Å². The van der Waals surface area contributed by atoms with E-state index in [4.69, 9.17) is 30.0 Å². The molecule has 4 N–H and O–H groups in total. The zero-order valence-electron chi connectivity index (χ0n) is 5.73. The Morgan fingerprint density at radius 3 is 1.00 bits per heavy atom. The molecule has 0 saturated carbocycles. The van der Waals surface area contributed by atoms with Crippen molar-refractivity contribution >= 4 is 49.7 Å². The van der Waals surface area contributed by atoms with Crippen LogP contribution in [0, 0.1) is 0 Å². The number of hydrogen-bond donors (Lipinski definition) is 4. The van der Waals surface area contributed by atoms with Crippen LogP contribution in [0.5, 0.6) is 0 Å². The van der Waals surface area contributed by atoms with Gasteiger partial charge in [-0.3, -0.25) is 0 Å². The van der Waals surface area contributed by atoms with Crippen LogP contribution < -0.4 is 0 Å². The minimum Gasteiger partial charge on any atom is -0.480 e. The molecule has 11 heavy (non-hydrogen) atoms. The number of aliphatic hydroxyl groups excluding tert-OH is 2. The molecular weight excluding hydrogens is 184 g/mol. The number of carboxylic acid groups (broad SMARTS) is 2. The van der Waals surface area contributed by atoms with Crippen LogP contribution in [-0.4, -0.2) is 83.3 Å². The molecule has 0 spiro atoms. The molecular formula is C4H8CaO6. The van der Waals surface area contributed by atoms with Crippen LogP contribution in [0.2, 0.25) is 0 Å². The number of rotatable bonds is 2. The minimum atomic E-state index is -1.19. The van der Waals surface area contributed by atoms with E-state index in [2.05, 4.69) is 0 Å². The van der Waals surface area contributed by atoms with Gasteiger partial charge in [0, 0.05) is 37.7 Å². The summed E-state index contributed by atoms with van der Waals surface area (Å²) in [7, 11) is 0. The summed E-state index contributed by atoms with van der Waals surface area (Å²) in [4.78, 5) is 18.2. The van der Waals surface area contributed by atoms with Gasteiger partial charge < -0.3 is 20.4 Å². The molecule has 0 unspecified atom stereocenters. The predicted molar refractivity (Wildman–Crippen MR) is 35.2 cm³/mol. The van der Waals surface area contributed by atoms with E-state index in [0.29, 0.717) is 0 Å². The standard InChI is InChI=1S/2C2H4O3.Ca/c2*3-1-2(4)5;/h2*3H,1H2,(H,4,5);. The second-order valence-corrected chi connectivity index (χ2v) is 1.10. The van der Waals surface area contributed by atoms with Gasteiger partial charge in [-0.2, -0.15) is 0 Å². The fraction of sp³-hybridized carbons (Fsp3) is 0.500. The number of aliphatic carboxylic acids is 2. The second-order valence-electron chi connectivity index (χ2n) is 1.10. The van der Waals surface area contributed by atoms with E-state index in [-0.39, 0.29) is 37.7 Å². The van der Waals surface area contributed by atoms with E-state index in [1.807, 2.05) is 0 Å². The third-order valence-corrected chi connectivity index (χ3v) is 0.271. The number of hydrogen-bond acceptors (Lipinski definition) is 4. The van der Waals surface area contributed by atoms with Gasteiger partial charge in [-0.1, -0.05) is 0 Å². The number of carbonyl (C=O) groups is 2. The Balaban J connectivity index is -0.000000107. The Morgan fingerprint density at radius 2 is 1.00 bits per heavy atom. The number of aliphatic hydroxyl groups is 2. The van der Waals surface area contributed by atoms with Crippen LogP contribution in [-0.2, 0) is 9.59 Å². The van der Waals surface area contributed by atoms with E-state index in [0.717, 1.165) is 0 Å². The van der Waals surface area contributed by atoms with Gasteiger partial charge in [-0.05, 0) is 0 Å². The summed E-state index contributed by atoms with van der Waals surface area (Å²) in [5, 5.41) is 30.0. The molecule has 0 aromatic heterocycles. The van der Waals surface area contributed by atoms with Crippen molar-refractivity contribution in [3.63, 3.8) is 0 Å². The molecule has 0 aliphatic rings. The second kappa shape index (κ2) is 12.8. The molecule has 7 heteroatoms. The zero-order chi connectivity index (χ0) is 8.57. The van der Waals surface area contributed by atoms with Gasteiger partial charge in [0.05, 0.1) is 0 Å². The zero-order valence-corrected chi connectivity index (χ0v) is 7.94. The molecule has 0 aliphatic carbocycles. The van der Waals surface area contributed by atoms with Gasteiger partial charge in [0.2, 0.25) is 0 Å². The van der Waals surface area contributed by atoms with Crippen molar-refractivity contribution in [3.8, 4) is 0 Å². The van der Waals surface area contributed by atoms with Crippen molar-refractivity contribution in [2.45, 2.75) is 0 Å². The van der Waals surface area contributed by atoms with Crippen molar-refractivity contribution in [1.29, 1.82) is 0 Å². The fourth-order valence-corrected chi connectivity index (χ4v) is 0. The monoisotopic (exact) mass is 192 g/mol. The van der Waals surface area contributed by atoms with Gasteiger partial charge in [0.15, 0.2) is 0 Å². The third kappa shape index (κ3) is 39.3. The van der Waals surface area contributed by atoms with Crippen LogP contribution in [0.25, 0.3) is 0 Å². The topological polar surface area (TPSA) is 115 Å². The largest absolute Gasteiger partial charge is 0.480 e. The first-order chi connectivity index (χ1) is 4.54. The van der Waals surface area contributed by atoms with E-state index < -0.39 is 25.2 Å². The minimum absolute atomic E-state index is 0. The maximum absolute atomic E-state index is 9.12. The molecule has 0 saturated heterocycles. The first-order valence-corrected chi connectivity index (χ1v) is 2.20. The van der Waals surface area contributed by atoms with E-state index in [1.165, 1.54) is 0 Å². The van der Waals surface area contributed by atoms with Gasteiger partial charge in [0.25, 0.3) is 0 Å². The fourth-order valence-electron chi connectivity index (χ4n) is 0.